The molecule has 0 aliphatic carbocycles. The van der Waals surface area contributed by atoms with E-state index in [1.54, 1.807) is 10.7 Å². The Morgan fingerprint density at radius 1 is 1.26 bits per heavy atom. The van der Waals surface area contributed by atoms with Gasteiger partial charge in [0.1, 0.15) is 5.82 Å². The van der Waals surface area contributed by atoms with E-state index >= 15 is 0 Å². The van der Waals surface area contributed by atoms with Crippen LogP contribution >= 0.6 is 0 Å². The number of β-amino-alcohol motifs (C(OH)–C–C–N with tert-alkyl or cyclic N) is 1. The second-order valence-corrected chi connectivity index (χ2v) is 6.72. The molecule has 0 saturated carbocycles. The molecule has 0 aromatic carbocycles. The molecule has 2 N–H and O–H groups in total. The van der Waals surface area contributed by atoms with Gasteiger partial charge in [-0.25, -0.2) is 4.98 Å². The summed E-state index contributed by atoms with van der Waals surface area (Å²) in [5.74, 6) is 1.25. The van der Waals surface area contributed by atoms with Crippen molar-refractivity contribution in [3.63, 3.8) is 0 Å². The Labute approximate surface area is 137 Å². The highest BCUT2D eigenvalue weighted by Crippen LogP contribution is 2.18. The minimum absolute atomic E-state index is 0.355. The van der Waals surface area contributed by atoms with Crippen LogP contribution in [0.25, 0.3) is 5.65 Å². The molecule has 1 aliphatic heterocycles. The average molecular weight is 317 g/mol. The number of hydrogen-bond donors (Lipinski definition) is 2. The van der Waals surface area contributed by atoms with Crippen molar-refractivity contribution in [1.82, 2.24) is 19.5 Å². The van der Waals surface area contributed by atoms with E-state index < -0.39 is 0 Å². The highest BCUT2D eigenvalue weighted by Gasteiger charge is 2.15. The molecule has 2 aromatic rings. The van der Waals surface area contributed by atoms with Crippen LogP contribution in [0.3, 0.4) is 0 Å². The Hall–Kier alpha value is -1.66. The van der Waals surface area contributed by atoms with Crippen LogP contribution in [-0.4, -0.2) is 56.9 Å². The molecule has 0 unspecified atom stereocenters. The molecule has 126 valence electrons. The summed E-state index contributed by atoms with van der Waals surface area (Å²) in [5.41, 5.74) is 1.87. The number of fused-ring (bicyclic) bond motifs is 1. The molecule has 1 aliphatic rings. The van der Waals surface area contributed by atoms with Gasteiger partial charge in [-0.05, 0) is 31.8 Å². The minimum atomic E-state index is -0.380. The molecule has 0 radical (unpaired) electrons. The van der Waals surface area contributed by atoms with Crippen molar-refractivity contribution in [3.05, 3.63) is 24.0 Å². The summed E-state index contributed by atoms with van der Waals surface area (Å²) < 4.78 is 1.79. The Morgan fingerprint density at radius 3 is 2.78 bits per heavy atom. The number of aliphatic hydroxyl groups is 1. The molecule has 1 saturated heterocycles. The van der Waals surface area contributed by atoms with Crippen molar-refractivity contribution >= 4 is 11.5 Å². The molecule has 23 heavy (non-hydrogen) atoms. The largest absolute Gasteiger partial charge is 0.390 e. The van der Waals surface area contributed by atoms with E-state index in [-0.39, 0.29) is 6.10 Å². The molecular weight excluding hydrogens is 290 g/mol. The molecule has 2 aromatic heterocycles. The number of anilines is 1. The van der Waals surface area contributed by atoms with Gasteiger partial charge >= 0.3 is 0 Å². The molecule has 6 nitrogen and oxygen atoms in total. The Morgan fingerprint density at radius 2 is 2.04 bits per heavy atom. The van der Waals surface area contributed by atoms with Gasteiger partial charge in [-0.1, -0.05) is 20.3 Å². The lowest BCUT2D eigenvalue weighted by Gasteiger charge is -2.28. The smallest absolute Gasteiger partial charge is 0.157 e. The third kappa shape index (κ3) is 4.00. The summed E-state index contributed by atoms with van der Waals surface area (Å²) in [6, 6.07) is 3.93. The van der Waals surface area contributed by atoms with Gasteiger partial charge in [-0.3, -0.25) is 0 Å². The molecule has 6 heteroatoms. The number of hydrogen-bond acceptors (Lipinski definition) is 5. The first-order chi connectivity index (χ1) is 11.1. The summed E-state index contributed by atoms with van der Waals surface area (Å²) in [6.45, 7) is 7.72. The fourth-order valence-electron chi connectivity index (χ4n) is 3.08. The van der Waals surface area contributed by atoms with Gasteiger partial charge in [-0.15, -0.1) is 0 Å². The zero-order valence-corrected chi connectivity index (χ0v) is 14.1. The highest BCUT2D eigenvalue weighted by atomic mass is 16.3. The standard InChI is InChI=1S/C17H27N5O/c1-13(2)15-10-17(22-16(20-15)6-7-19-22)18-11-14(23)12-21-8-4-3-5-9-21/h6-7,10,13-14,18,23H,3-5,8-9,11-12H2,1-2H3/t14-/m0/s1. The lowest BCUT2D eigenvalue weighted by molar-refractivity contribution is 0.109. The fraction of sp³-hybridized carbons (Fsp3) is 0.647. The average Bonchev–Trinajstić information content (AvgIpc) is 3.02. The van der Waals surface area contributed by atoms with Crippen molar-refractivity contribution < 1.29 is 5.11 Å². The Balaban J connectivity index is 1.64. The zero-order chi connectivity index (χ0) is 16.2. The van der Waals surface area contributed by atoms with Gasteiger partial charge in [0, 0.05) is 30.9 Å². The molecule has 0 bridgehead atoms. The van der Waals surface area contributed by atoms with Gasteiger partial charge in [0.05, 0.1) is 12.3 Å². The number of aliphatic hydroxyl groups excluding tert-OH is 1. The van der Waals surface area contributed by atoms with Gasteiger partial charge in [0.2, 0.25) is 0 Å². The third-order valence-corrected chi connectivity index (χ3v) is 4.41. The van der Waals surface area contributed by atoms with Crippen molar-refractivity contribution in [2.45, 2.75) is 45.1 Å². The quantitative estimate of drug-likeness (QED) is 0.854. The SMILES string of the molecule is CC(C)c1cc(NC[C@H](O)CN2CCCCC2)n2nccc2n1. The summed E-state index contributed by atoms with van der Waals surface area (Å²) in [7, 11) is 0. The van der Waals surface area contributed by atoms with E-state index in [1.165, 1.54) is 19.3 Å². The van der Waals surface area contributed by atoms with Crippen LogP contribution in [0.4, 0.5) is 5.82 Å². The fourth-order valence-corrected chi connectivity index (χ4v) is 3.08. The molecule has 0 amide bonds. The number of likely N-dealkylation sites (tertiary alicyclic amines) is 1. The first-order valence-corrected chi connectivity index (χ1v) is 8.62. The number of nitrogens with one attached hydrogen (secondary N) is 1. The topological polar surface area (TPSA) is 65.7 Å². The van der Waals surface area contributed by atoms with Crippen LogP contribution in [0, 0.1) is 0 Å². The third-order valence-electron chi connectivity index (χ3n) is 4.41. The summed E-state index contributed by atoms with van der Waals surface area (Å²) >= 11 is 0. The number of aromatic nitrogens is 3. The Kier molecular flexibility index (Phi) is 5.13. The normalized spacial score (nSPS) is 17.7. The van der Waals surface area contributed by atoms with Crippen LogP contribution in [0.1, 0.15) is 44.7 Å². The summed E-state index contributed by atoms with van der Waals surface area (Å²) in [5, 5.41) is 18.0. The maximum Gasteiger partial charge on any atom is 0.157 e. The van der Waals surface area contributed by atoms with E-state index in [9.17, 15) is 5.11 Å². The zero-order valence-electron chi connectivity index (χ0n) is 14.1. The van der Waals surface area contributed by atoms with Crippen molar-refractivity contribution in [3.8, 4) is 0 Å². The van der Waals surface area contributed by atoms with Crippen LogP contribution in [-0.2, 0) is 0 Å². The molecule has 0 spiro atoms. The van der Waals surface area contributed by atoms with Crippen LogP contribution < -0.4 is 5.32 Å². The number of rotatable bonds is 6. The van der Waals surface area contributed by atoms with E-state index in [0.29, 0.717) is 12.5 Å². The predicted octanol–water partition coefficient (Wildman–Crippen LogP) is 2.11. The van der Waals surface area contributed by atoms with Crippen LogP contribution in [0.15, 0.2) is 18.3 Å². The van der Waals surface area contributed by atoms with Gasteiger partial charge in [0.15, 0.2) is 5.65 Å². The Bertz CT molecular complexity index is 633. The summed E-state index contributed by atoms with van der Waals surface area (Å²) in [6.07, 6.45) is 5.18. The van der Waals surface area contributed by atoms with Gasteiger partial charge < -0.3 is 15.3 Å². The lowest BCUT2D eigenvalue weighted by Crippen LogP contribution is -2.39. The van der Waals surface area contributed by atoms with E-state index in [2.05, 4.69) is 34.1 Å². The molecule has 1 atom stereocenters. The minimum Gasteiger partial charge on any atom is -0.390 e. The van der Waals surface area contributed by atoms with Crippen molar-refractivity contribution in [1.29, 1.82) is 0 Å². The first kappa shape index (κ1) is 16.2. The van der Waals surface area contributed by atoms with Crippen molar-refractivity contribution in [2.75, 3.05) is 31.5 Å². The molecule has 3 heterocycles. The van der Waals surface area contributed by atoms with Crippen LogP contribution in [0.5, 0.6) is 0 Å². The number of nitrogens with zero attached hydrogens (tertiary/aromatic N) is 4. The first-order valence-electron chi connectivity index (χ1n) is 8.62. The highest BCUT2D eigenvalue weighted by molar-refractivity contribution is 5.49. The maximum absolute atomic E-state index is 10.3. The van der Waals surface area contributed by atoms with E-state index in [0.717, 1.165) is 36.8 Å². The van der Waals surface area contributed by atoms with Crippen LogP contribution in [0.2, 0.25) is 0 Å². The van der Waals surface area contributed by atoms with Gasteiger partial charge in [0.25, 0.3) is 0 Å². The summed E-state index contributed by atoms with van der Waals surface area (Å²) in [4.78, 5) is 6.96. The van der Waals surface area contributed by atoms with E-state index in [1.807, 2.05) is 12.1 Å². The monoisotopic (exact) mass is 317 g/mol. The number of piperidine rings is 1. The lowest BCUT2D eigenvalue weighted by atomic mass is 10.1. The predicted molar refractivity (Wildman–Crippen MR) is 91.9 cm³/mol. The van der Waals surface area contributed by atoms with E-state index in [4.69, 9.17) is 0 Å². The van der Waals surface area contributed by atoms with Crippen molar-refractivity contribution in [2.24, 2.45) is 0 Å². The molecule has 1 fully saturated rings. The molecule has 3 rings (SSSR count). The maximum atomic E-state index is 10.3. The van der Waals surface area contributed by atoms with Gasteiger partial charge in [-0.2, -0.15) is 9.61 Å². The second-order valence-electron chi connectivity index (χ2n) is 6.72. The molecular formula is C17H27N5O. The second kappa shape index (κ2) is 7.27.